The molecule has 1 rings (SSSR count). The lowest BCUT2D eigenvalue weighted by Gasteiger charge is -2.02. The number of hydrogen-bond donors (Lipinski definition) is 0. The van der Waals surface area contributed by atoms with E-state index >= 15 is 0 Å². The summed E-state index contributed by atoms with van der Waals surface area (Å²) in [6, 6.07) is 1.33. The first-order valence-corrected chi connectivity index (χ1v) is 4.22. The summed E-state index contributed by atoms with van der Waals surface area (Å²) in [6.07, 6.45) is 1.36. The van der Waals surface area contributed by atoms with Crippen LogP contribution in [0.2, 0.25) is 0 Å². The highest BCUT2D eigenvalue weighted by atomic mass is 79.9. The minimum Gasteiger partial charge on any atom is -0.481 e. The minimum absolute atomic E-state index is 0.122. The summed E-state index contributed by atoms with van der Waals surface area (Å²) in [7, 11) is 1.41. The van der Waals surface area contributed by atoms with Gasteiger partial charge in [-0.15, -0.1) is 4.91 Å². The van der Waals surface area contributed by atoms with Crippen molar-refractivity contribution in [2.45, 2.75) is 0 Å². The van der Waals surface area contributed by atoms with Gasteiger partial charge in [-0.05, 0) is 15.9 Å². The molecule has 0 unspecified atom stereocenters. The summed E-state index contributed by atoms with van der Waals surface area (Å²) >= 11 is 3.07. The number of ether oxygens (including phenoxy) is 1. The molecule has 0 amide bonds. The van der Waals surface area contributed by atoms with E-state index in [-0.39, 0.29) is 11.4 Å². The molecule has 0 bridgehead atoms. The van der Waals surface area contributed by atoms with Crippen LogP contribution in [0.1, 0.15) is 10.4 Å². The van der Waals surface area contributed by atoms with E-state index in [0.717, 1.165) is 0 Å². The van der Waals surface area contributed by atoms with Gasteiger partial charge in [0.25, 0.3) is 0 Å². The van der Waals surface area contributed by atoms with Crippen LogP contribution in [0.5, 0.6) is 5.88 Å². The van der Waals surface area contributed by atoms with Crippen LogP contribution in [0.25, 0.3) is 0 Å². The zero-order valence-corrected chi connectivity index (χ0v) is 8.65. The monoisotopic (exact) mass is 260 g/mol. The van der Waals surface area contributed by atoms with E-state index in [1.54, 1.807) is 0 Å². The molecule has 1 aromatic heterocycles. The average Bonchev–Trinajstić information content (AvgIpc) is 2.19. The van der Waals surface area contributed by atoms with Gasteiger partial charge in [0.05, 0.1) is 17.1 Å². The lowest BCUT2D eigenvalue weighted by atomic mass is 10.3. The second kappa shape index (κ2) is 4.66. The summed E-state index contributed by atoms with van der Waals surface area (Å²) in [6.45, 7) is 0. The number of carbonyl (C=O) groups excluding carboxylic acids is 1. The number of carbonyl (C=O) groups is 1. The fourth-order valence-electron chi connectivity index (χ4n) is 0.771. The van der Waals surface area contributed by atoms with Crippen molar-refractivity contribution < 1.29 is 14.4 Å². The largest absolute Gasteiger partial charge is 0.481 e. The molecule has 0 fully saturated rings. The van der Waals surface area contributed by atoms with Crippen LogP contribution in [-0.4, -0.2) is 18.1 Å². The van der Waals surface area contributed by atoms with Gasteiger partial charge in [0.1, 0.15) is 0 Å². The quantitative estimate of drug-likeness (QED) is 0.611. The average molecular weight is 261 g/mol. The third kappa shape index (κ3) is 2.25. The van der Waals surface area contributed by atoms with Gasteiger partial charge < -0.3 is 4.74 Å². The van der Waals surface area contributed by atoms with Gasteiger partial charge in [-0.3, -0.25) is 4.84 Å². The van der Waals surface area contributed by atoms with Crippen LogP contribution in [0.4, 0.5) is 0 Å². The summed E-state index contributed by atoms with van der Waals surface area (Å²) in [4.78, 5) is 28.5. The van der Waals surface area contributed by atoms with Crippen molar-refractivity contribution in [3.63, 3.8) is 0 Å². The van der Waals surface area contributed by atoms with Crippen molar-refractivity contribution in [1.29, 1.82) is 0 Å². The Morgan fingerprint density at radius 2 is 2.36 bits per heavy atom. The molecule has 0 aliphatic rings. The topological polar surface area (TPSA) is 77.9 Å². The number of aromatic nitrogens is 1. The highest BCUT2D eigenvalue weighted by Crippen LogP contribution is 2.20. The van der Waals surface area contributed by atoms with Gasteiger partial charge >= 0.3 is 5.97 Å². The van der Waals surface area contributed by atoms with E-state index in [1.165, 1.54) is 19.4 Å². The molecule has 0 atom stereocenters. The van der Waals surface area contributed by atoms with Crippen molar-refractivity contribution >= 4 is 21.9 Å². The normalized spacial score (nSPS) is 9.29. The second-order valence-corrected chi connectivity index (χ2v) is 3.01. The first-order valence-electron chi connectivity index (χ1n) is 3.42. The van der Waals surface area contributed by atoms with E-state index in [0.29, 0.717) is 4.47 Å². The zero-order chi connectivity index (χ0) is 10.6. The standard InChI is InChI=1S/C7H5BrN2O4/c1-13-6-2-4(5(8)3-9-6)7(11)14-10-12/h2-3H,1H3. The molecule has 1 aromatic rings. The van der Waals surface area contributed by atoms with Crippen molar-refractivity contribution in [3.05, 3.63) is 27.2 Å². The highest BCUT2D eigenvalue weighted by Gasteiger charge is 2.14. The van der Waals surface area contributed by atoms with Gasteiger partial charge in [0.15, 0.2) is 5.34 Å². The molecular formula is C7H5BrN2O4. The second-order valence-electron chi connectivity index (χ2n) is 2.16. The summed E-state index contributed by atoms with van der Waals surface area (Å²) < 4.78 is 5.19. The summed E-state index contributed by atoms with van der Waals surface area (Å²) in [5, 5.41) is 2.03. The number of methoxy groups -OCH3 is 1. The highest BCUT2D eigenvalue weighted by molar-refractivity contribution is 9.10. The maximum atomic E-state index is 11.1. The van der Waals surface area contributed by atoms with Crippen molar-refractivity contribution in [3.8, 4) is 5.88 Å². The van der Waals surface area contributed by atoms with Gasteiger partial charge in [-0.1, -0.05) is 0 Å². The van der Waals surface area contributed by atoms with E-state index in [2.05, 4.69) is 25.8 Å². The Morgan fingerprint density at radius 3 is 2.93 bits per heavy atom. The SMILES string of the molecule is COc1cc(C(=O)ON=O)c(Br)cn1. The first-order chi connectivity index (χ1) is 6.69. The van der Waals surface area contributed by atoms with Gasteiger partial charge in [0.2, 0.25) is 5.88 Å². The maximum absolute atomic E-state index is 11.1. The zero-order valence-electron chi connectivity index (χ0n) is 7.06. The van der Waals surface area contributed by atoms with E-state index in [4.69, 9.17) is 4.74 Å². The Bertz CT molecular complexity index is 369. The molecule has 74 valence electrons. The third-order valence-corrected chi connectivity index (χ3v) is 2.01. The molecule has 14 heavy (non-hydrogen) atoms. The van der Waals surface area contributed by atoms with Crippen molar-refractivity contribution in [1.82, 2.24) is 4.98 Å². The number of halogens is 1. The van der Waals surface area contributed by atoms with Crippen LogP contribution in [-0.2, 0) is 4.84 Å². The molecule has 0 N–H and O–H groups in total. The van der Waals surface area contributed by atoms with Crippen LogP contribution in [0, 0.1) is 4.91 Å². The third-order valence-electron chi connectivity index (χ3n) is 1.38. The number of nitrogens with zero attached hydrogens (tertiary/aromatic N) is 2. The Balaban J connectivity index is 3.05. The number of hydrogen-bond acceptors (Lipinski definition) is 6. The van der Waals surface area contributed by atoms with E-state index in [1.807, 2.05) is 5.34 Å². The Morgan fingerprint density at radius 1 is 1.64 bits per heavy atom. The molecule has 0 saturated carbocycles. The molecule has 1 heterocycles. The minimum atomic E-state index is -0.868. The first kappa shape index (κ1) is 10.6. The smallest absolute Gasteiger partial charge is 0.370 e. The number of rotatable bonds is 3. The Kier molecular flexibility index (Phi) is 3.52. The van der Waals surface area contributed by atoms with E-state index < -0.39 is 5.97 Å². The van der Waals surface area contributed by atoms with Crippen LogP contribution in [0.3, 0.4) is 0 Å². The summed E-state index contributed by atoms with van der Waals surface area (Å²) in [5.74, 6) is -0.626. The molecule has 6 nitrogen and oxygen atoms in total. The molecule has 0 radical (unpaired) electrons. The molecule has 0 saturated heterocycles. The predicted molar refractivity (Wildman–Crippen MR) is 49.7 cm³/mol. The lowest BCUT2D eigenvalue weighted by molar-refractivity contribution is 0.0506. The predicted octanol–water partition coefficient (Wildman–Crippen LogP) is 1.69. The van der Waals surface area contributed by atoms with Crippen molar-refractivity contribution in [2.24, 2.45) is 5.34 Å². The molecule has 7 heteroatoms. The van der Waals surface area contributed by atoms with Crippen molar-refractivity contribution in [2.75, 3.05) is 7.11 Å². The number of pyridine rings is 1. The van der Waals surface area contributed by atoms with Gasteiger partial charge in [-0.25, -0.2) is 9.78 Å². The van der Waals surface area contributed by atoms with Crippen LogP contribution in [0.15, 0.2) is 22.1 Å². The molecule has 0 aromatic carbocycles. The molecule has 0 aliphatic carbocycles. The molecule has 0 aliphatic heterocycles. The van der Waals surface area contributed by atoms with Gasteiger partial charge in [-0.2, -0.15) is 0 Å². The maximum Gasteiger partial charge on any atom is 0.370 e. The fourth-order valence-corrected chi connectivity index (χ4v) is 1.15. The Labute approximate surface area is 87.3 Å². The van der Waals surface area contributed by atoms with E-state index in [9.17, 15) is 9.70 Å². The summed E-state index contributed by atoms with van der Waals surface area (Å²) in [5.41, 5.74) is 0.122. The lowest BCUT2D eigenvalue weighted by Crippen LogP contribution is -2.02. The molecule has 0 spiro atoms. The fraction of sp³-hybridized carbons (Fsp3) is 0.143. The Hall–Kier alpha value is -1.50. The van der Waals surface area contributed by atoms with Gasteiger partial charge in [0, 0.05) is 12.3 Å². The van der Waals surface area contributed by atoms with Crippen LogP contribution < -0.4 is 4.74 Å². The molecular weight excluding hydrogens is 256 g/mol. The van der Waals surface area contributed by atoms with Crippen LogP contribution >= 0.6 is 15.9 Å².